The summed E-state index contributed by atoms with van der Waals surface area (Å²) in [5.41, 5.74) is 4.36. The molecule has 0 spiro atoms. The number of hydrogen-bond acceptors (Lipinski definition) is 1. The summed E-state index contributed by atoms with van der Waals surface area (Å²) >= 11 is 0. The Kier molecular flexibility index (Phi) is 1.72. The van der Waals surface area contributed by atoms with Crippen LogP contribution in [0.5, 0.6) is 0 Å². The van der Waals surface area contributed by atoms with Gasteiger partial charge in [0.15, 0.2) is 0 Å². The largest absolute Gasteiger partial charge is 0.416 e. The molecule has 0 saturated heterocycles. The highest BCUT2D eigenvalue weighted by atomic mass is 19.4. The van der Waals surface area contributed by atoms with Crippen LogP contribution < -0.4 is 10.7 Å². The summed E-state index contributed by atoms with van der Waals surface area (Å²) in [6, 6.07) is 1.77. The summed E-state index contributed by atoms with van der Waals surface area (Å²) in [6.07, 6.45) is -3.17. The van der Waals surface area contributed by atoms with E-state index < -0.39 is 11.7 Å². The minimum atomic E-state index is -4.32. The Morgan fingerprint density at radius 2 is 2.00 bits per heavy atom. The van der Waals surface area contributed by atoms with E-state index in [0.29, 0.717) is 0 Å². The van der Waals surface area contributed by atoms with E-state index in [1.54, 1.807) is 0 Å². The molecule has 0 aliphatic rings. The van der Waals surface area contributed by atoms with Crippen LogP contribution in [0.3, 0.4) is 0 Å². The molecule has 1 aromatic rings. The van der Waals surface area contributed by atoms with Crippen molar-refractivity contribution >= 4 is 5.82 Å². The van der Waals surface area contributed by atoms with E-state index >= 15 is 0 Å². The number of H-pyrrole nitrogens is 1. The van der Waals surface area contributed by atoms with Gasteiger partial charge < -0.3 is 0 Å². The number of aromatic amines is 1. The highest BCUT2D eigenvalue weighted by Crippen LogP contribution is 2.28. The fraction of sp³-hybridized carbons (Fsp3) is 0.167. The van der Waals surface area contributed by atoms with Gasteiger partial charge in [0.2, 0.25) is 0 Å². The number of anilines is 1. The normalized spacial score (nSPS) is 11.5. The van der Waals surface area contributed by atoms with Crippen LogP contribution >= 0.6 is 0 Å². The minimum Gasteiger partial charge on any atom is -0.287 e. The van der Waals surface area contributed by atoms with Gasteiger partial charge in [0, 0.05) is 6.07 Å². The second kappa shape index (κ2) is 2.41. The number of nitrogens with two attached hydrogens (primary N) is 1. The topological polar surface area (TPSA) is 40.2 Å². The maximum Gasteiger partial charge on any atom is 0.416 e. The van der Waals surface area contributed by atoms with Crippen molar-refractivity contribution in [1.82, 2.24) is 0 Å². The molecular formula is C6H6F3N2+. The summed E-state index contributed by atoms with van der Waals surface area (Å²) in [4.78, 5) is 2.42. The standard InChI is InChI=1S/C6H5F3N2/c7-6(8,9)4-1-2-11-5(10)3-4/h1-3H,(H2,10,11)/p+1. The molecule has 0 aliphatic heterocycles. The predicted molar refractivity (Wildman–Crippen MR) is 32.4 cm³/mol. The van der Waals surface area contributed by atoms with Crippen LogP contribution in [0.25, 0.3) is 0 Å². The third kappa shape index (κ3) is 1.83. The van der Waals surface area contributed by atoms with Crippen LogP contribution in [0.15, 0.2) is 18.3 Å². The Morgan fingerprint density at radius 3 is 2.36 bits per heavy atom. The van der Waals surface area contributed by atoms with Gasteiger partial charge in [-0.15, -0.1) is 0 Å². The van der Waals surface area contributed by atoms with Gasteiger partial charge in [-0.05, 0) is 6.07 Å². The van der Waals surface area contributed by atoms with E-state index in [9.17, 15) is 13.2 Å². The van der Waals surface area contributed by atoms with Crippen LogP contribution in [0, 0.1) is 0 Å². The molecule has 1 rings (SSSR count). The molecule has 0 unspecified atom stereocenters. The summed E-state index contributed by atoms with van der Waals surface area (Å²) < 4.78 is 35.7. The molecule has 1 heterocycles. The van der Waals surface area contributed by atoms with Crippen molar-refractivity contribution in [2.45, 2.75) is 6.18 Å². The summed E-state index contributed by atoms with van der Waals surface area (Å²) in [6.45, 7) is 0. The van der Waals surface area contributed by atoms with Gasteiger partial charge in [-0.3, -0.25) is 5.73 Å². The first-order valence-electron chi connectivity index (χ1n) is 2.84. The van der Waals surface area contributed by atoms with Crippen molar-refractivity contribution in [3.05, 3.63) is 23.9 Å². The first kappa shape index (κ1) is 7.84. The minimum absolute atomic E-state index is 0.000162. The third-order valence-corrected chi connectivity index (χ3v) is 1.15. The first-order chi connectivity index (χ1) is 5.00. The summed E-state index contributed by atoms with van der Waals surface area (Å²) in [5, 5.41) is 0. The monoisotopic (exact) mass is 163 g/mol. The lowest BCUT2D eigenvalue weighted by Gasteiger charge is -2.03. The van der Waals surface area contributed by atoms with Crippen LogP contribution in [0.2, 0.25) is 0 Å². The SMILES string of the molecule is Nc1cc(C(F)(F)F)cc[nH+]1. The molecule has 3 N–H and O–H groups in total. The number of pyridine rings is 1. The number of rotatable bonds is 0. The Balaban J connectivity index is 3.06. The Labute approximate surface area is 60.9 Å². The molecule has 0 aromatic carbocycles. The molecule has 0 radical (unpaired) electrons. The van der Waals surface area contributed by atoms with Crippen LogP contribution in [-0.4, -0.2) is 0 Å². The van der Waals surface area contributed by atoms with E-state index in [1.165, 1.54) is 0 Å². The average Bonchev–Trinajstić information content (AvgIpc) is 1.86. The quantitative estimate of drug-likeness (QED) is 0.611. The Hall–Kier alpha value is -1.26. The van der Waals surface area contributed by atoms with E-state index in [-0.39, 0.29) is 5.82 Å². The van der Waals surface area contributed by atoms with E-state index in [1.807, 2.05) is 0 Å². The number of nitrogens with one attached hydrogen (secondary N) is 1. The number of aromatic nitrogens is 1. The van der Waals surface area contributed by atoms with Gasteiger partial charge in [0.25, 0.3) is 5.82 Å². The summed E-state index contributed by atoms with van der Waals surface area (Å²) in [7, 11) is 0. The molecule has 0 aliphatic carbocycles. The van der Waals surface area contributed by atoms with Gasteiger partial charge in [-0.1, -0.05) is 0 Å². The maximum atomic E-state index is 11.9. The van der Waals surface area contributed by atoms with Gasteiger partial charge >= 0.3 is 6.18 Å². The van der Waals surface area contributed by atoms with Crippen molar-refractivity contribution in [3.63, 3.8) is 0 Å². The molecule has 2 nitrogen and oxygen atoms in total. The van der Waals surface area contributed by atoms with Gasteiger partial charge in [0.05, 0.1) is 11.8 Å². The molecule has 0 saturated carbocycles. The molecule has 11 heavy (non-hydrogen) atoms. The fourth-order valence-corrected chi connectivity index (χ4v) is 0.661. The molecule has 0 bridgehead atoms. The Morgan fingerprint density at radius 1 is 1.36 bits per heavy atom. The highest BCUT2D eigenvalue weighted by molar-refractivity contribution is 5.27. The zero-order valence-corrected chi connectivity index (χ0v) is 5.44. The van der Waals surface area contributed by atoms with Gasteiger partial charge in [0.1, 0.15) is 0 Å². The van der Waals surface area contributed by atoms with Gasteiger partial charge in [-0.2, -0.15) is 13.2 Å². The second-order valence-corrected chi connectivity index (χ2v) is 2.03. The lowest BCUT2D eigenvalue weighted by atomic mass is 10.2. The van der Waals surface area contributed by atoms with E-state index in [4.69, 9.17) is 5.73 Å². The second-order valence-electron chi connectivity index (χ2n) is 2.03. The van der Waals surface area contributed by atoms with Gasteiger partial charge in [-0.25, -0.2) is 4.98 Å². The number of alkyl halides is 3. The lowest BCUT2D eigenvalue weighted by molar-refractivity contribution is -0.361. The molecule has 1 aromatic heterocycles. The van der Waals surface area contributed by atoms with E-state index in [2.05, 4.69) is 4.98 Å². The van der Waals surface area contributed by atoms with E-state index in [0.717, 1.165) is 18.3 Å². The summed E-state index contributed by atoms with van der Waals surface area (Å²) in [5.74, 6) is -0.000162. The first-order valence-corrected chi connectivity index (χ1v) is 2.84. The van der Waals surface area contributed by atoms with Crippen molar-refractivity contribution in [2.24, 2.45) is 0 Å². The molecule has 0 atom stereocenters. The predicted octanol–water partition coefficient (Wildman–Crippen LogP) is 1.10. The molecule has 0 fully saturated rings. The molecule has 60 valence electrons. The molecule has 5 heteroatoms. The van der Waals surface area contributed by atoms with Crippen molar-refractivity contribution in [2.75, 3.05) is 5.73 Å². The third-order valence-electron chi connectivity index (χ3n) is 1.15. The molecule has 0 amide bonds. The van der Waals surface area contributed by atoms with Crippen LogP contribution in [-0.2, 0) is 6.18 Å². The van der Waals surface area contributed by atoms with Crippen LogP contribution in [0.4, 0.5) is 19.0 Å². The number of halogens is 3. The van der Waals surface area contributed by atoms with Crippen molar-refractivity contribution in [1.29, 1.82) is 0 Å². The Bertz CT molecular complexity index is 256. The highest BCUT2D eigenvalue weighted by Gasteiger charge is 2.31. The zero-order valence-electron chi connectivity index (χ0n) is 5.44. The average molecular weight is 163 g/mol. The maximum absolute atomic E-state index is 11.9. The zero-order chi connectivity index (χ0) is 8.48. The number of hydrogen-bond donors (Lipinski definition) is 1. The fourth-order valence-electron chi connectivity index (χ4n) is 0.661. The van der Waals surface area contributed by atoms with Crippen molar-refractivity contribution < 1.29 is 18.2 Å². The number of nitrogen functional groups attached to an aromatic ring is 1. The molecular weight excluding hydrogens is 157 g/mol. The smallest absolute Gasteiger partial charge is 0.287 e. The van der Waals surface area contributed by atoms with Crippen molar-refractivity contribution in [3.8, 4) is 0 Å². The lowest BCUT2D eigenvalue weighted by Crippen LogP contribution is -2.13. The van der Waals surface area contributed by atoms with Crippen LogP contribution in [0.1, 0.15) is 5.56 Å².